The van der Waals surface area contributed by atoms with Crippen molar-refractivity contribution < 1.29 is 4.74 Å². The molecule has 5 nitrogen and oxygen atoms in total. The maximum absolute atomic E-state index is 5.72. The molecule has 1 atom stereocenters. The van der Waals surface area contributed by atoms with Gasteiger partial charge in [-0.05, 0) is 35.7 Å². The molecule has 0 aliphatic carbocycles. The summed E-state index contributed by atoms with van der Waals surface area (Å²) in [7, 11) is 0. The predicted octanol–water partition coefficient (Wildman–Crippen LogP) is 1.83. The molecule has 1 aromatic rings. The van der Waals surface area contributed by atoms with Gasteiger partial charge in [0.15, 0.2) is 0 Å². The fraction of sp³-hybridized carbons (Fsp3) is 0.636. The lowest BCUT2D eigenvalue weighted by molar-refractivity contribution is 0.115. The third kappa shape index (κ3) is 3.29. The van der Waals surface area contributed by atoms with E-state index in [1.54, 1.807) is 6.07 Å². The van der Waals surface area contributed by atoms with E-state index in [0.29, 0.717) is 22.5 Å². The molecule has 0 aromatic carbocycles. The number of nitrogens with zero attached hydrogens (tertiary/aromatic N) is 3. The van der Waals surface area contributed by atoms with Crippen molar-refractivity contribution in [2.45, 2.75) is 25.9 Å². The summed E-state index contributed by atoms with van der Waals surface area (Å²) in [6, 6.07) is 1.70. The summed E-state index contributed by atoms with van der Waals surface area (Å²) in [6.45, 7) is 4.61. The maximum atomic E-state index is 5.72. The summed E-state index contributed by atoms with van der Waals surface area (Å²) in [5.41, 5.74) is 5.72. The molecule has 2 N–H and O–H groups in total. The number of nitrogens with two attached hydrogens (primary N) is 1. The van der Waals surface area contributed by atoms with Crippen molar-refractivity contribution in [3.63, 3.8) is 0 Å². The highest BCUT2D eigenvalue weighted by molar-refractivity contribution is 9.10. The lowest BCUT2D eigenvalue weighted by Gasteiger charge is -2.24. The molecular formula is C11H17BrN4O. The number of aromatic nitrogens is 2. The second-order valence-corrected chi connectivity index (χ2v) is 4.90. The summed E-state index contributed by atoms with van der Waals surface area (Å²) < 4.78 is 6.34. The van der Waals surface area contributed by atoms with Gasteiger partial charge in [-0.3, -0.25) is 0 Å². The molecule has 1 aliphatic rings. The van der Waals surface area contributed by atoms with Crippen LogP contribution in [-0.2, 0) is 4.74 Å². The quantitative estimate of drug-likeness (QED) is 0.860. The molecule has 1 fully saturated rings. The Morgan fingerprint density at radius 3 is 3.00 bits per heavy atom. The van der Waals surface area contributed by atoms with Gasteiger partial charge in [0.05, 0.1) is 6.10 Å². The monoisotopic (exact) mass is 300 g/mol. The van der Waals surface area contributed by atoms with Crippen LogP contribution in [0.25, 0.3) is 0 Å². The van der Waals surface area contributed by atoms with Gasteiger partial charge >= 0.3 is 0 Å². The minimum absolute atomic E-state index is 0.291. The van der Waals surface area contributed by atoms with Gasteiger partial charge in [-0.1, -0.05) is 0 Å². The zero-order valence-corrected chi connectivity index (χ0v) is 11.5. The van der Waals surface area contributed by atoms with Crippen molar-refractivity contribution >= 4 is 27.7 Å². The first-order valence-corrected chi connectivity index (χ1v) is 6.65. The standard InChI is InChI=1S/C11H17BrN4O/c1-2-16(7-8-4-3-5-17-8)11-14-9(12)6-10(13)15-11/h6,8H,2-5,7H2,1H3,(H2,13,14,15). The molecule has 0 saturated carbocycles. The molecule has 2 rings (SSSR count). The lowest BCUT2D eigenvalue weighted by Crippen LogP contribution is -2.33. The van der Waals surface area contributed by atoms with Gasteiger partial charge in [0.2, 0.25) is 5.95 Å². The molecule has 0 spiro atoms. The van der Waals surface area contributed by atoms with E-state index in [9.17, 15) is 0 Å². The van der Waals surface area contributed by atoms with E-state index < -0.39 is 0 Å². The van der Waals surface area contributed by atoms with E-state index in [1.165, 1.54) is 0 Å². The Balaban J connectivity index is 2.10. The van der Waals surface area contributed by atoms with Gasteiger partial charge in [-0.2, -0.15) is 4.98 Å². The van der Waals surface area contributed by atoms with Gasteiger partial charge in [-0.25, -0.2) is 4.98 Å². The molecule has 1 saturated heterocycles. The van der Waals surface area contributed by atoms with Gasteiger partial charge in [-0.15, -0.1) is 0 Å². The summed E-state index contributed by atoms with van der Waals surface area (Å²) in [6.07, 6.45) is 2.54. The van der Waals surface area contributed by atoms with E-state index in [1.807, 2.05) is 0 Å². The first kappa shape index (κ1) is 12.6. The zero-order chi connectivity index (χ0) is 12.3. The number of hydrogen-bond donors (Lipinski definition) is 1. The molecule has 17 heavy (non-hydrogen) atoms. The SMILES string of the molecule is CCN(CC1CCCO1)c1nc(N)cc(Br)n1. The molecule has 2 heterocycles. The second-order valence-electron chi connectivity index (χ2n) is 4.09. The number of rotatable bonds is 4. The van der Waals surface area contributed by atoms with Crippen LogP contribution < -0.4 is 10.6 Å². The molecule has 0 radical (unpaired) electrons. The molecule has 1 aromatic heterocycles. The molecular weight excluding hydrogens is 284 g/mol. The van der Waals surface area contributed by atoms with E-state index in [2.05, 4.69) is 37.7 Å². The lowest BCUT2D eigenvalue weighted by atomic mass is 10.2. The summed E-state index contributed by atoms with van der Waals surface area (Å²) in [4.78, 5) is 10.7. The number of likely N-dealkylation sites (N-methyl/N-ethyl adjacent to an activating group) is 1. The number of halogens is 1. The van der Waals surface area contributed by atoms with Crippen LogP contribution in [0.4, 0.5) is 11.8 Å². The molecule has 0 bridgehead atoms. The van der Waals surface area contributed by atoms with Crippen LogP contribution in [0.3, 0.4) is 0 Å². The minimum atomic E-state index is 0.291. The largest absolute Gasteiger partial charge is 0.383 e. The molecule has 1 unspecified atom stereocenters. The summed E-state index contributed by atoms with van der Waals surface area (Å²) >= 11 is 3.33. The van der Waals surface area contributed by atoms with Crippen LogP contribution in [0.2, 0.25) is 0 Å². The Bertz CT molecular complexity index is 361. The fourth-order valence-electron chi connectivity index (χ4n) is 1.95. The summed E-state index contributed by atoms with van der Waals surface area (Å²) in [5, 5.41) is 0. The van der Waals surface area contributed by atoms with E-state index in [4.69, 9.17) is 10.5 Å². The first-order valence-electron chi connectivity index (χ1n) is 5.85. The van der Waals surface area contributed by atoms with Crippen molar-refractivity contribution in [3.8, 4) is 0 Å². The van der Waals surface area contributed by atoms with Crippen molar-refractivity contribution in [2.24, 2.45) is 0 Å². The Morgan fingerprint density at radius 1 is 1.59 bits per heavy atom. The van der Waals surface area contributed by atoms with Crippen molar-refractivity contribution in [1.82, 2.24) is 9.97 Å². The van der Waals surface area contributed by atoms with E-state index in [0.717, 1.165) is 32.5 Å². The molecule has 94 valence electrons. The van der Waals surface area contributed by atoms with E-state index in [-0.39, 0.29) is 0 Å². The topological polar surface area (TPSA) is 64.3 Å². The van der Waals surface area contributed by atoms with Crippen LogP contribution in [0, 0.1) is 0 Å². The van der Waals surface area contributed by atoms with Gasteiger partial charge in [0.25, 0.3) is 0 Å². The molecule has 0 amide bonds. The Morgan fingerprint density at radius 2 is 2.41 bits per heavy atom. The predicted molar refractivity (Wildman–Crippen MR) is 71.0 cm³/mol. The first-order chi connectivity index (χ1) is 8.19. The average Bonchev–Trinajstić information content (AvgIpc) is 2.77. The number of nitrogen functional groups attached to an aromatic ring is 1. The Hall–Kier alpha value is -0.880. The van der Waals surface area contributed by atoms with Crippen LogP contribution in [0.15, 0.2) is 10.7 Å². The third-order valence-electron chi connectivity index (χ3n) is 2.82. The van der Waals surface area contributed by atoms with Crippen LogP contribution >= 0.6 is 15.9 Å². The van der Waals surface area contributed by atoms with Crippen LogP contribution in [0.1, 0.15) is 19.8 Å². The smallest absolute Gasteiger partial charge is 0.228 e. The summed E-state index contributed by atoms with van der Waals surface area (Å²) in [5.74, 6) is 1.14. The van der Waals surface area contributed by atoms with Gasteiger partial charge in [0.1, 0.15) is 10.4 Å². The normalized spacial score (nSPS) is 19.5. The maximum Gasteiger partial charge on any atom is 0.228 e. The van der Waals surface area contributed by atoms with Gasteiger partial charge < -0.3 is 15.4 Å². The highest BCUT2D eigenvalue weighted by Gasteiger charge is 2.20. The van der Waals surface area contributed by atoms with E-state index >= 15 is 0 Å². The number of hydrogen-bond acceptors (Lipinski definition) is 5. The zero-order valence-electron chi connectivity index (χ0n) is 9.90. The van der Waals surface area contributed by atoms with Crippen LogP contribution in [-0.4, -0.2) is 35.8 Å². The Kier molecular flexibility index (Phi) is 4.17. The molecule has 1 aliphatic heterocycles. The van der Waals surface area contributed by atoms with Crippen molar-refractivity contribution in [3.05, 3.63) is 10.7 Å². The van der Waals surface area contributed by atoms with Crippen molar-refractivity contribution in [1.29, 1.82) is 0 Å². The third-order valence-corrected chi connectivity index (χ3v) is 3.22. The second kappa shape index (κ2) is 5.64. The highest BCUT2D eigenvalue weighted by atomic mass is 79.9. The fourth-order valence-corrected chi connectivity index (χ4v) is 2.34. The number of ether oxygens (including phenoxy) is 1. The Labute approximate surface area is 110 Å². The number of anilines is 2. The van der Waals surface area contributed by atoms with Crippen LogP contribution in [0.5, 0.6) is 0 Å². The van der Waals surface area contributed by atoms with Crippen molar-refractivity contribution in [2.75, 3.05) is 30.3 Å². The minimum Gasteiger partial charge on any atom is -0.383 e. The molecule has 6 heteroatoms. The van der Waals surface area contributed by atoms with Gasteiger partial charge in [0, 0.05) is 25.8 Å². The highest BCUT2D eigenvalue weighted by Crippen LogP contribution is 2.19. The average molecular weight is 301 g/mol.